The van der Waals surface area contributed by atoms with Crippen molar-refractivity contribution in [3.05, 3.63) is 48.0 Å². The molecule has 19 heavy (non-hydrogen) atoms. The summed E-state index contributed by atoms with van der Waals surface area (Å²) in [4.78, 5) is 8.77. The largest absolute Gasteiger partial charge is 0.311 e. The molecule has 3 aromatic heterocycles. The van der Waals surface area contributed by atoms with Gasteiger partial charge in [0.15, 0.2) is 5.65 Å². The molecule has 0 aliphatic carbocycles. The highest BCUT2D eigenvalue weighted by molar-refractivity contribution is 5.59. The Bertz CT molecular complexity index is 732. The van der Waals surface area contributed by atoms with E-state index in [9.17, 15) is 0 Å². The van der Waals surface area contributed by atoms with Crippen LogP contribution in [0.1, 0.15) is 11.4 Å². The number of hydrogen-bond acceptors (Lipinski definition) is 4. The van der Waals surface area contributed by atoms with Crippen molar-refractivity contribution in [3.8, 4) is 11.3 Å². The van der Waals surface area contributed by atoms with Gasteiger partial charge in [-0.25, -0.2) is 9.50 Å². The number of aromatic nitrogens is 4. The van der Waals surface area contributed by atoms with Crippen LogP contribution in [0.3, 0.4) is 0 Å². The third-order valence-corrected chi connectivity index (χ3v) is 3.44. The van der Waals surface area contributed by atoms with Crippen molar-refractivity contribution in [2.24, 2.45) is 0 Å². The summed E-state index contributed by atoms with van der Waals surface area (Å²) in [6.45, 7) is 1.83. The van der Waals surface area contributed by atoms with E-state index >= 15 is 0 Å². The van der Waals surface area contributed by atoms with Gasteiger partial charge in [-0.2, -0.15) is 5.10 Å². The molecule has 0 saturated carbocycles. The van der Waals surface area contributed by atoms with Crippen molar-refractivity contribution in [3.63, 3.8) is 0 Å². The Labute approximate surface area is 110 Å². The van der Waals surface area contributed by atoms with Gasteiger partial charge in [0, 0.05) is 37.5 Å². The summed E-state index contributed by atoms with van der Waals surface area (Å²) >= 11 is 0. The van der Waals surface area contributed by atoms with Gasteiger partial charge in [-0.15, -0.1) is 0 Å². The first kappa shape index (κ1) is 10.6. The third kappa shape index (κ3) is 1.70. The molecule has 5 heteroatoms. The number of rotatable bonds is 1. The zero-order valence-corrected chi connectivity index (χ0v) is 10.4. The molecule has 0 unspecified atom stereocenters. The minimum absolute atomic E-state index is 0.833. The van der Waals surface area contributed by atoms with Crippen molar-refractivity contribution in [1.29, 1.82) is 0 Å². The van der Waals surface area contributed by atoms with E-state index in [1.165, 1.54) is 5.69 Å². The minimum atomic E-state index is 0.833. The molecular weight excluding hydrogens is 238 g/mol. The number of fused-ring (bicyclic) bond motifs is 3. The van der Waals surface area contributed by atoms with Crippen LogP contribution in [0, 0.1) is 0 Å². The van der Waals surface area contributed by atoms with Gasteiger partial charge in [0.05, 0.1) is 17.1 Å². The average molecular weight is 251 g/mol. The lowest BCUT2D eigenvalue weighted by Gasteiger charge is -2.11. The van der Waals surface area contributed by atoms with Crippen LogP contribution in [0.25, 0.3) is 16.9 Å². The number of pyridine rings is 1. The Kier molecular flexibility index (Phi) is 2.31. The van der Waals surface area contributed by atoms with Crippen molar-refractivity contribution < 1.29 is 0 Å². The Hall–Kier alpha value is -2.27. The topological polar surface area (TPSA) is 55.1 Å². The Morgan fingerprint density at radius 3 is 3.11 bits per heavy atom. The third-order valence-electron chi connectivity index (χ3n) is 3.44. The summed E-state index contributed by atoms with van der Waals surface area (Å²) in [5, 5.41) is 8.06. The predicted octanol–water partition coefficient (Wildman–Crippen LogP) is 1.44. The summed E-state index contributed by atoms with van der Waals surface area (Å²) in [7, 11) is 0. The summed E-state index contributed by atoms with van der Waals surface area (Å²) < 4.78 is 1.95. The monoisotopic (exact) mass is 251 g/mol. The maximum absolute atomic E-state index is 4.69. The lowest BCUT2D eigenvalue weighted by Crippen LogP contribution is -2.24. The smallest absolute Gasteiger partial charge is 0.154 e. The number of nitrogens with one attached hydrogen (secondary N) is 1. The van der Waals surface area contributed by atoms with Gasteiger partial charge in [0.25, 0.3) is 0 Å². The molecule has 94 valence electrons. The maximum atomic E-state index is 4.69. The molecule has 0 atom stereocenters. The van der Waals surface area contributed by atoms with E-state index in [1.807, 2.05) is 35.0 Å². The summed E-state index contributed by atoms with van der Waals surface area (Å²) in [6, 6.07) is 7.96. The quantitative estimate of drug-likeness (QED) is 0.711. The molecule has 0 fully saturated rings. The molecule has 5 nitrogen and oxygen atoms in total. The van der Waals surface area contributed by atoms with Gasteiger partial charge in [-0.05, 0) is 24.3 Å². The van der Waals surface area contributed by atoms with Crippen molar-refractivity contribution in [1.82, 2.24) is 24.9 Å². The Morgan fingerprint density at radius 1 is 1.21 bits per heavy atom. The van der Waals surface area contributed by atoms with E-state index in [1.54, 1.807) is 6.20 Å². The van der Waals surface area contributed by atoms with Crippen LogP contribution in [0.2, 0.25) is 0 Å². The fraction of sp³-hybridized carbons (Fsp3) is 0.214. The summed E-state index contributed by atoms with van der Waals surface area (Å²) in [5.41, 5.74) is 5.20. The molecule has 1 N–H and O–H groups in total. The van der Waals surface area contributed by atoms with E-state index in [0.717, 1.165) is 42.1 Å². The van der Waals surface area contributed by atoms with Crippen LogP contribution in [0.15, 0.2) is 36.7 Å². The highest BCUT2D eigenvalue weighted by Gasteiger charge is 2.16. The summed E-state index contributed by atoms with van der Waals surface area (Å²) in [5.74, 6) is 0. The highest BCUT2D eigenvalue weighted by Crippen LogP contribution is 2.19. The molecule has 4 rings (SSSR count). The zero-order valence-electron chi connectivity index (χ0n) is 10.4. The highest BCUT2D eigenvalue weighted by atomic mass is 15.3. The molecular formula is C14H13N5. The molecule has 0 bridgehead atoms. The average Bonchev–Trinajstić information content (AvgIpc) is 2.86. The predicted molar refractivity (Wildman–Crippen MR) is 71.6 cm³/mol. The summed E-state index contributed by atoms with van der Waals surface area (Å²) in [6.07, 6.45) is 4.57. The molecule has 3 aromatic rings. The van der Waals surface area contributed by atoms with Gasteiger partial charge in [0.2, 0.25) is 0 Å². The standard InChI is InChI=1S/C14H13N5/c1-2-10(8-15-6-1)11-3-4-14-17-12-5-7-16-9-13(12)19(14)18-11/h1-4,6,8,16H,5,7,9H2. The van der Waals surface area contributed by atoms with Crippen LogP contribution in [0.4, 0.5) is 0 Å². The van der Waals surface area contributed by atoms with Gasteiger partial charge in [0.1, 0.15) is 0 Å². The molecule has 0 saturated heterocycles. The molecule has 0 amide bonds. The van der Waals surface area contributed by atoms with Crippen molar-refractivity contribution >= 4 is 5.65 Å². The number of hydrogen-bond donors (Lipinski definition) is 1. The van der Waals surface area contributed by atoms with Gasteiger partial charge >= 0.3 is 0 Å². The Morgan fingerprint density at radius 2 is 2.21 bits per heavy atom. The second-order valence-corrected chi connectivity index (χ2v) is 4.66. The van der Waals surface area contributed by atoms with E-state index in [-0.39, 0.29) is 0 Å². The SMILES string of the molecule is c1cncc(-c2ccc3nc4c(n3n2)CNCC4)c1. The second-order valence-electron chi connectivity index (χ2n) is 4.66. The molecule has 0 radical (unpaired) electrons. The van der Waals surface area contributed by atoms with Crippen LogP contribution >= 0.6 is 0 Å². The van der Waals surface area contributed by atoms with E-state index < -0.39 is 0 Å². The fourth-order valence-electron chi connectivity index (χ4n) is 2.48. The molecule has 0 aromatic carbocycles. The van der Waals surface area contributed by atoms with E-state index in [4.69, 9.17) is 5.10 Å². The molecule has 4 heterocycles. The maximum Gasteiger partial charge on any atom is 0.154 e. The first-order valence-corrected chi connectivity index (χ1v) is 6.40. The molecule has 1 aliphatic rings. The van der Waals surface area contributed by atoms with Crippen LogP contribution in [0.5, 0.6) is 0 Å². The first-order valence-electron chi connectivity index (χ1n) is 6.40. The van der Waals surface area contributed by atoms with Crippen LogP contribution in [-0.2, 0) is 13.0 Å². The fourth-order valence-corrected chi connectivity index (χ4v) is 2.48. The lowest BCUT2D eigenvalue weighted by molar-refractivity contribution is 0.611. The molecule has 0 spiro atoms. The minimum Gasteiger partial charge on any atom is -0.311 e. The van der Waals surface area contributed by atoms with E-state index in [2.05, 4.69) is 15.3 Å². The molecule has 1 aliphatic heterocycles. The van der Waals surface area contributed by atoms with Gasteiger partial charge < -0.3 is 5.32 Å². The van der Waals surface area contributed by atoms with Gasteiger partial charge in [-0.3, -0.25) is 4.98 Å². The second kappa shape index (κ2) is 4.13. The van der Waals surface area contributed by atoms with Crippen molar-refractivity contribution in [2.45, 2.75) is 13.0 Å². The van der Waals surface area contributed by atoms with Crippen LogP contribution in [-0.4, -0.2) is 26.1 Å². The number of nitrogens with zero attached hydrogens (tertiary/aromatic N) is 4. The lowest BCUT2D eigenvalue weighted by atomic mass is 10.2. The normalized spacial score (nSPS) is 14.5. The first-order chi connectivity index (χ1) is 9.42. The van der Waals surface area contributed by atoms with Crippen molar-refractivity contribution in [2.75, 3.05) is 6.54 Å². The Balaban J connectivity index is 1.91. The zero-order chi connectivity index (χ0) is 12.7. The van der Waals surface area contributed by atoms with Crippen LogP contribution < -0.4 is 5.32 Å². The number of imidazole rings is 1. The van der Waals surface area contributed by atoms with Gasteiger partial charge in [-0.1, -0.05) is 0 Å². The van der Waals surface area contributed by atoms with E-state index in [0.29, 0.717) is 0 Å².